The highest BCUT2D eigenvalue weighted by Gasteiger charge is 2.41. The molecule has 0 spiro atoms. The van der Waals surface area contributed by atoms with E-state index in [-0.39, 0.29) is 24.5 Å². The van der Waals surface area contributed by atoms with Gasteiger partial charge in [0.25, 0.3) is 0 Å². The fourth-order valence-corrected chi connectivity index (χ4v) is 3.73. The summed E-state index contributed by atoms with van der Waals surface area (Å²) in [4.78, 5) is 0. The average molecular weight is 250 g/mol. The molecule has 2 atom stereocenters. The van der Waals surface area contributed by atoms with Crippen molar-refractivity contribution in [3.8, 4) is 0 Å². The maximum Gasteiger partial charge on any atom is 0.216 e. The molecule has 0 aromatic carbocycles. The number of fused-ring (bicyclic) bond motifs is 1. The molecule has 2 fully saturated rings. The van der Waals surface area contributed by atoms with Crippen molar-refractivity contribution >= 4 is 10.0 Å². The summed E-state index contributed by atoms with van der Waals surface area (Å²) in [5.74, 6) is 0.0731. The zero-order valence-electron chi connectivity index (χ0n) is 9.39. The molecule has 0 saturated carbocycles. The lowest BCUT2D eigenvalue weighted by atomic mass is 10.2. The molecule has 2 aliphatic rings. The first kappa shape index (κ1) is 12.3. The summed E-state index contributed by atoms with van der Waals surface area (Å²) in [7, 11) is -1.62. The Balaban J connectivity index is 2.17. The smallest absolute Gasteiger partial charge is 0.216 e. The van der Waals surface area contributed by atoms with Gasteiger partial charge in [0.05, 0.1) is 31.1 Å². The van der Waals surface area contributed by atoms with Gasteiger partial charge in [0.15, 0.2) is 0 Å². The first-order valence-corrected chi connectivity index (χ1v) is 7.07. The van der Waals surface area contributed by atoms with Crippen LogP contribution in [0.25, 0.3) is 0 Å². The topological polar surface area (TPSA) is 67.9 Å². The van der Waals surface area contributed by atoms with Crippen LogP contribution in [0, 0.1) is 0 Å². The molecule has 2 heterocycles. The van der Waals surface area contributed by atoms with Crippen LogP contribution in [0.4, 0.5) is 0 Å². The van der Waals surface area contributed by atoms with Gasteiger partial charge in [-0.15, -0.1) is 0 Å². The molecule has 0 aromatic rings. The third-order valence-corrected chi connectivity index (χ3v) is 4.89. The number of methoxy groups -OCH3 is 1. The summed E-state index contributed by atoms with van der Waals surface area (Å²) in [5, 5.41) is 3.16. The zero-order valence-corrected chi connectivity index (χ0v) is 10.2. The summed E-state index contributed by atoms with van der Waals surface area (Å²) in [6, 6.07) is -0.0809. The van der Waals surface area contributed by atoms with Gasteiger partial charge in [0.1, 0.15) is 0 Å². The van der Waals surface area contributed by atoms with Gasteiger partial charge in [-0.1, -0.05) is 0 Å². The molecular formula is C9H18N2O4S. The Morgan fingerprint density at radius 1 is 1.50 bits per heavy atom. The second kappa shape index (κ2) is 4.97. The van der Waals surface area contributed by atoms with E-state index in [1.807, 2.05) is 0 Å². The summed E-state index contributed by atoms with van der Waals surface area (Å²) in [6.07, 6.45) is -0.0193. The molecule has 2 aliphatic heterocycles. The number of nitrogens with one attached hydrogen (secondary N) is 1. The molecule has 0 radical (unpaired) electrons. The van der Waals surface area contributed by atoms with Crippen LogP contribution in [0.2, 0.25) is 0 Å². The second-order valence-corrected chi connectivity index (χ2v) is 6.10. The van der Waals surface area contributed by atoms with Gasteiger partial charge in [-0.2, -0.15) is 4.31 Å². The fourth-order valence-electron chi connectivity index (χ4n) is 2.21. The maximum atomic E-state index is 12.0. The molecule has 6 nitrogen and oxygen atoms in total. The van der Waals surface area contributed by atoms with Gasteiger partial charge in [-0.05, 0) is 0 Å². The zero-order chi connectivity index (χ0) is 11.6. The molecule has 0 amide bonds. The molecule has 7 heteroatoms. The third-order valence-electron chi connectivity index (χ3n) is 3.04. The van der Waals surface area contributed by atoms with E-state index in [1.54, 1.807) is 7.11 Å². The standard InChI is InChI=1S/C9H18N2O4S/c1-14-3-2-11-8-6-10-7-9(8)15-4-5-16(11,12)13/h8-10H,2-7H2,1H3/t8-,9+/m1/s1. The SMILES string of the molecule is COCCN1[C@@H]2CNC[C@@H]2OCCS1(=O)=O. The largest absolute Gasteiger partial charge is 0.383 e. The number of ether oxygens (including phenoxy) is 2. The van der Waals surface area contributed by atoms with Crippen molar-refractivity contribution in [1.82, 2.24) is 9.62 Å². The lowest BCUT2D eigenvalue weighted by Gasteiger charge is -2.27. The van der Waals surface area contributed by atoms with Gasteiger partial charge < -0.3 is 14.8 Å². The molecule has 94 valence electrons. The molecule has 0 aromatic heterocycles. The Labute approximate surface area is 95.9 Å². The van der Waals surface area contributed by atoms with Gasteiger partial charge in [0.2, 0.25) is 10.0 Å². The normalized spacial score (nSPS) is 34.6. The highest BCUT2D eigenvalue weighted by atomic mass is 32.2. The van der Waals surface area contributed by atoms with E-state index >= 15 is 0 Å². The lowest BCUT2D eigenvalue weighted by Crippen LogP contribution is -2.47. The van der Waals surface area contributed by atoms with Crippen molar-refractivity contribution in [2.45, 2.75) is 12.1 Å². The van der Waals surface area contributed by atoms with Crippen LogP contribution >= 0.6 is 0 Å². The van der Waals surface area contributed by atoms with Crippen LogP contribution < -0.4 is 5.32 Å². The summed E-state index contributed by atoms with van der Waals surface area (Å²) in [6.45, 7) is 2.50. The minimum Gasteiger partial charge on any atom is -0.383 e. The Hall–Kier alpha value is -0.210. The van der Waals surface area contributed by atoms with Crippen molar-refractivity contribution < 1.29 is 17.9 Å². The van der Waals surface area contributed by atoms with E-state index in [4.69, 9.17) is 9.47 Å². The van der Waals surface area contributed by atoms with E-state index in [0.717, 1.165) is 6.54 Å². The van der Waals surface area contributed by atoms with Gasteiger partial charge >= 0.3 is 0 Å². The number of hydrogen-bond acceptors (Lipinski definition) is 5. The van der Waals surface area contributed by atoms with E-state index < -0.39 is 10.0 Å². The number of hydrogen-bond donors (Lipinski definition) is 1. The third kappa shape index (κ3) is 2.38. The average Bonchev–Trinajstić information content (AvgIpc) is 2.62. The Kier molecular flexibility index (Phi) is 3.81. The quantitative estimate of drug-likeness (QED) is 0.670. The minimum absolute atomic E-state index is 0.0193. The predicted molar refractivity (Wildman–Crippen MR) is 58.8 cm³/mol. The number of nitrogens with zero attached hydrogens (tertiary/aromatic N) is 1. The van der Waals surface area contributed by atoms with Gasteiger partial charge in [0, 0.05) is 26.7 Å². The van der Waals surface area contributed by atoms with Crippen molar-refractivity contribution in [3.05, 3.63) is 0 Å². The highest BCUT2D eigenvalue weighted by molar-refractivity contribution is 7.89. The van der Waals surface area contributed by atoms with Crippen LogP contribution in [0.15, 0.2) is 0 Å². The minimum atomic E-state index is -3.20. The molecule has 2 rings (SSSR count). The van der Waals surface area contributed by atoms with Gasteiger partial charge in [-0.25, -0.2) is 8.42 Å². The molecule has 0 aliphatic carbocycles. The molecular weight excluding hydrogens is 232 g/mol. The summed E-state index contributed by atoms with van der Waals surface area (Å²) < 4.78 is 36.1. The van der Waals surface area contributed by atoms with Crippen molar-refractivity contribution in [2.75, 3.05) is 45.7 Å². The van der Waals surface area contributed by atoms with E-state index in [2.05, 4.69) is 5.32 Å². The molecule has 16 heavy (non-hydrogen) atoms. The number of rotatable bonds is 3. The summed E-state index contributed by atoms with van der Waals surface area (Å²) >= 11 is 0. The highest BCUT2D eigenvalue weighted by Crippen LogP contribution is 2.20. The van der Waals surface area contributed by atoms with Crippen molar-refractivity contribution in [3.63, 3.8) is 0 Å². The maximum absolute atomic E-state index is 12.0. The number of sulfonamides is 1. The second-order valence-electron chi connectivity index (χ2n) is 4.05. The van der Waals surface area contributed by atoms with E-state index in [1.165, 1.54) is 4.31 Å². The molecule has 0 bridgehead atoms. The molecule has 1 N–H and O–H groups in total. The predicted octanol–water partition coefficient (Wildman–Crippen LogP) is -1.36. The Morgan fingerprint density at radius 3 is 3.06 bits per heavy atom. The van der Waals surface area contributed by atoms with Crippen molar-refractivity contribution in [2.24, 2.45) is 0 Å². The van der Waals surface area contributed by atoms with Crippen LogP contribution in [-0.2, 0) is 19.5 Å². The Morgan fingerprint density at radius 2 is 2.31 bits per heavy atom. The fraction of sp³-hybridized carbons (Fsp3) is 1.00. The van der Waals surface area contributed by atoms with Gasteiger partial charge in [-0.3, -0.25) is 0 Å². The van der Waals surface area contributed by atoms with E-state index in [9.17, 15) is 8.42 Å². The van der Waals surface area contributed by atoms with Crippen LogP contribution in [0.1, 0.15) is 0 Å². The first-order valence-electron chi connectivity index (χ1n) is 5.46. The van der Waals surface area contributed by atoms with Crippen molar-refractivity contribution in [1.29, 1.82) is 0 Å². The monoisotopic (exact) mass is 250 g/mol. The Bertz CT molecular complexity index is 332. The molecule has 2 saturated heterocycles. The first-order chi connectivity index (χ1) is 7.65. The lowest BCUT2D eigenvalue weighted by molar-refractivity contribution is 0.0463. The van der Waals surface area contributed by atoms with E-state index in [0.29, 0.717) is 19.7 Å². The molecule has 0 unspecified atom stereocenters. The van der Waals surface area contributed by atoms with Crippen LogP contribution in [0.5, 0.6) is 0 Å². The van der Waals surface area contributed by atoms with Crippen LogP contribution in [0.3, 0.4) is 0 Å². The summed E-state index contributed by atoms with van der Waals surface area (Å²) in [5.41, 5.74) is 0. The van der Waals surface area contributed by atoms with Crippen LogP contribution in [-0.4, -0.2) is 70.6 Å².